The molecule has 0 aromatic heterocycles. The molecule has 1 N–H and O–H groups in total. The number of carbonyl (C=O) groups is 1. The summed E-state index contributed by atoms with van der Waals surface area (Å²) in [6, 6.07) is 14.0. The standard InChI is InChI=1S/C18H22N2O/c1-13-7-5-6-8-15(13)12-20(4)18(21)17-10-9-16(19-3)11-14(17)2/h5-11,19H,12H2,1-4H3. The third-order valence-corrected chi connectivity index (χ3v) is 3.76. The second-order valence-corrected chi connectivity index (χ2v) is 5.37. The first-order valence-electron chi connectivity index (χ1n) is 7.11. The minimum Gasteiger partial charge on any atom is -0.388 e. The summed E-state index contributed by atoms with van der Waals surface area (Å²) in [5.41, 5.74) is 5.15. The number of nitrogens with zero attached hydrogens (tertiary/aromatic N) is 1. The van der Waals surface area contributed by atoms with Crippen LogP contribution in [0.3, 0.4) is 0 Å². The Bertz CT molecular complexity index is 649. The molecule has 0 saturated heterocycles. The molecule has 0 heterocycles. The SMILES string of the molecule is CNc1ccc(C(=O)N(C)Cc2ccccc2C)c(C)c1. The molecule has 0 radical (unpaired) electrons. The van der Waals surface area contributed by atoms with Gasteiger partial charge in [-0.25, -0.2) is 0 Å². The Labute approximate surface area is 126 Å². The molecule has 3 nitrogen and oxygen atoms in total. The van der Waals surface area contributed by atoms with Crippen LogP contribution in [-0.2, 0) is 6.54 Å². The number of benzene rings is 2. The van der Waals surface area contributed by atoms with Gasteiger partial charge in [-0.15, -0.1) is 0 Å². The predicted octanol–water partition coefficient (Wildman–Crippen LogP) is 3.62. The maximum Gasteiger partial charge on any atom is 0.254 e. The van der Waals surface area contributed by atoms with E-state index in [0.29, 0.717) is 6.54 Å². The molecule has 0 spiro atoms. The maximum atomic E-state index is 12.6. The van der Waals surface area contributed by atoms with Crippen molar-refractivity contribution < 1.29 is 4.79 Å². The second kappa shape index (κ2) is 6.44. The molecule has 0 aliphatic carbocycles. The first-order valence-corrected chi connectivity index (χ1v) is 7.11. The zero-order valence-electron chi connectivity index (χ0n) is 13.1. The van der Waals surface area contributed by atoms with Crippen LogP contribution in [0.1, 0.15) is 27.0 Å². The van der Waals surface area contributed by atoms with Gasteiger partial charge < -0.3 is 10.2 Å². The minimum atomic E-state index is 0.0541. The molecule has 0 unspecified atom stereocenters. The fourth-order valence-corrected chi connectivity index (χ4v) is 2.38. The van der Waals surface area contributed by atoms with Crippen LogP contribution in [0.15, 0.2) is 42.5 Å². The average molecular weight is 282 g/mol. The van der Waals surface area contributed by atoms with Crippen LogP contribution >= 0.6 is 0 Å². The lowest BCUT2D eigenvalue weighted by atomic mass is 10.1. The summed E-state index contributed by atoms with van der Waals surface area (Å²) in [4.78, 5) is 14.4. The Kier molecular flexibility index (Phi) is 4.63. The summed E-state index contributed by atoms with van der Waals surface area (Å²) in [5.74, 6) is 0.0541. The highest BCUT2D eigenvalue weighted by Crippen LogP contribution is 2.18. The number of nitrogens with one attached hydrogen (secondary N) is 1. The van der Waals surface area contributed by atoms with Crippen LogP contribution in [0.2, 0.25) is 0 Å². The highest BCUT2D eigenvalue weighted by molar-refractivity contribution is 5.95. The molecule has 110 valence electrons. The van der Waals surface area contributed by atoms with E-state index >= 15 is 0 Å². The molecular formula is C18H22N2O. The van der Waals surface area contributed by atoms with E-state index in [1.54, 1.807) is 4.90 Å². The fraction of sp³-hybridized carbons (Fsp3) is 0.278. The second-order valence-electron chi connectivity index (χ2n) is 5.37. The topological polar surface area (TPSA) is 32.3 Å². The van der Waals surface area contributed by atoms with Gasteiger partial charge in [0.25, 0.3) is 5.91 Å². The van der Waals surface area contributed by atoms with E-state index in [4.69, 9.17) is 0 Å². The monoisotopic (exact) mass is 282 g/mol. The Hall–Kier alpha value is -2.29. The highest BCUT2D eigenvalue weighted by Gasteiger charge is 2.15. The van der Waals surface area contributed by atoms with Gasteiger partial charge in [-0.3, -0.25) is 4.79 Å². The Balaban J connectivity index is 2.18. The van der Waals surface area contributed by atoms with Gasteiger partial charge in [-0.05, 0) is 48.7 Å². The third-order valence-electron chi connectivity index (χ3n) is 3.76. The van der Waals surface area contributed by atoms with Crippen molar-refractivity contribution in [2.24, 2.45) is 0 Å². The van der Waals surface area contributed by atoms with Crippen molar-refractivity contribution >= 4 is 11.6 Å². The molecule has 0 saturated carbocycles. The lowest BCUT2D eigenvalue weighted by Crippen LogP contribution is -2.27. The van der Waals surface area contributed by atoms with Crippen LogP contribution in [0.5, 0.6) is 0 Å². The van der Waals surface area contributed by atoms with Crippen LogP contribution in [0, 0.1) is 13.8 Å². The van der Waals surface area contributed by atoms with Crippen molar-refractivity contribution in [1.82, 2.24) is 4.90 Å². The van der Waals surface area contributed by atoms with E-state index in [0.717, 1.165) is 16.8 Å². The van der Waals surface area contributed by atoms with Gasteiger partial charge in [0.05, 0.1) is 0 Å². The molecule has 2 rings (SSSR count). The Morgan fingerprint density at radius 2 is 1.81 bits per heavy atom. The summed E-state index contributed by atoms with van der Waals surface area (Å²) in [6.45, 7) is 4.66. The number of carbonyl (C=O) groups excluding carboxylic acids is 1. The van der Waals surface area contributed by atoms with Gasteiger partial charge >= 0.3 is 0 Å². The van der Waals surface area contributed by atoms with Crippen LogP contribution < -0.4 is 5.32 Å². The lowest BCUT2D eigenvalue weighted by molar-refractivity contribution is 0.0784. The van der Waals surface area contributed by atoms with E-state index in [1.165, 1.54) is 11.1 Å². The van der Waals surface area contributed by atoms with E-state index in [-0.39, 0.29) is 5.91 Å². The van der Waals surface area contributed by atoms with E-state index in [2.05, 4.69) is 24.4 Å². The maximum absolute atomic E-state index is 12.6. The molecule has 2 aromatic rings. The summed E-state index contributed by atoms with van der Waals surface area (Å²) < 4.78 is 0. The third kappa shape index (κ3) is 3.43. The molecule has 0 aliphatic rings. The minimum absolute atomic E-state index is 0.0541. The molecule has 0 aliphatic heterocycles. The number of hydrogen-bond donors (Lipinski definition) is 1. The van der Waals surface area contributed by atoms with Gasteiger partial charge in [0.2, 0.25) is 0 Å². The number of amides is 1. The average Bonchev–Trinajstić information content (AvgIpc) is 2.48. The first-order chi connectivity index (χ1) is 10.0. The number of aryl methyl sites for hydroxylation is 2. The van der Waals surface area contributed by atoms with E-state index in [9.17, 15) is 4.79 Å². The van der Waals surface area contributed by atoms with Crippen molar-refractivity contribution in [3.05, 3.63) is 64.7 Å². The molecule has 0 fully saturated rings. The number of hydrogen-bond acceptors (Lipinski definition) is 2. The van der Waals surface area contributed by atoms with Gasteiger partial charge in [0, 0.05) is 31.9 Å². The summed E-state index contributed by atoms with van der Waals surface area (Å²) in [5, 5.41) is 3.09. The molecule has 1 amide bonds. The zero-order chi connectivity index (χ0) is 15.4. The lowest BCUT2D eigenvalue weighted by Gasteiger charge is -2.20. The molecular weight excluding hydrogens is 260 g/mol. The van der Waals surface area contributed by atoms with Crippen LogP contribution in [0.4, 0.5) is 5.69 Å². The summed E-state index contributed by atoms with van der Waals surface area (Å²) in [7, 11) is 3.72. The largest absolute Gasteiger partial charge is 0.388 e. The molecule has 0 bridgehead atoms. The summed E-state index contributed by atoms with van der Waals surface area (Å²) >= 11 is 0. The van der Waals surface area contributed by atoms with Crippen molar-refractivity contribution in [2.75, 3.05) is 19.4 Å². The van der Waals surface area contributed by atoms with Crippen LogP contribution in [-0.4, -0.2) is 24.9 Å². The van der Waals surface area contributed by atoms with E-state index in [1.807, 2.05) is 51.4 Å². The van der Waals surface area contributed by atoms with E-state index < -0.39 is 0 Å². The molecule has 0 atom stereocenters. The van der Waals surface area contributed by atoms with Gasteiger partial charge in [0.15, 0.2) is 0 Å². The first kappa shape index (κ1) is 15.1. The summed E-state index contributed by atoms with van der Waals surface area (Å²) in [6.07, 6.45) is 0. The highest BCUT2D eigenvalue weighted by atomic mass is 16.2. The molecule has 3 heteroatoms. The van der Waals surface area contributed by atoms with Gasteiger partial charge in [0.1, 0.15) is 0 Å². The molecule has 21 heavy (non-hydrogen) atoms. The van der Waals surface area contributed by atoms with Gasteiger partial charge in [-0.2, -0.15) is 0 Å². The number of rotatable bonds is 4. The Morgan fingerprint density at radius 1 is 1.10 bits per heavy atom. The van der Waals surface area contributed by atoms with Crippen molar-refractivity contribution in [2.45, 2.75) is 20.4 Å². The fourth-order valence-electron chi connectivity index (χ4n) is 2.38. The quantitative estimate of drug-likeness (QED) is 0.929. The zero-order valence-corrected chi connectivity index (χ0v) is 13.1. The number of anilines is 1. The van der Waals surface area contributed by atoms with Crippen molar-refractivity contribution in [3.8, 4) is 0 Å². The smallest absolute Gasteiger partial charge is 0.254 e. The molecule has 2 aromatic carbocycles. The Morgan fingerprint density at radius 3 is 2.43 bits per heavy atom. The van der Waals surface area contributed by atoms with Crippen LogP contribution in [0.25, 0.3) is 0 Å². The predicted molar refractivity (Wildman–Crippen MR) is 87.7 cm³/mol. The van der Waals surface area contributed by atoms with Gasteiger partial charge in [-0.1, -0.05) is 24.3 Å². The van der Waals surface area contributed by atoms with Crippen molar-refractivity contribution in [3.63, 3.8) is 0 Å². The normalized spacial score (nSPS) is 10.3. The van der Waals surface area contributed by atoms with Crippen molar-refractivity contribution in [1.29, 1.82) is 0 Å².